The zero-order valence-corrected chi connectivity index (χ0v) is 15.8. The molecule has 144 valence electrons. The molecule has 0 saturated carbocycles. The number of hydrogen-bond acceptors (Lipinski definition) is 8. The Kier molecular flexibility index (Phi) is 4.49. The van der Waals surface area contributed by atoms with E-state index < -0.39 is 0 Å². The Morgan fingerprint density at radius 3 is 2.72 bits per heavy atom. The number of aromatic nitrogens is 4. The summed E-state index contributed by atoms with van der Waals surface area (Å²) >= 11 is 1.32. The van der Waals surface area contributed by atoms with Crippen LogP contribution in [0.4, 0.5) is 0 Å². The molecule has 1 aliphatic rings. The summed E-state index contributed by atoms with van der Waals surface area (Å²) in [6.45, 7) is 0.209. The third-order valence-electron chi connectivity index (χ3n) is 4.22. The molecule has 0 fully saturated rings. The summed E-state index contributed by atoms with van der Waals surface area (Å²) in [7, 11) is 0. The molecule has 2 aromatic carbocycles. The summed E-state index contributed by atoms with van der Waals surface area (Å²) in [6, 6.07) is 16.5. The van der Waals surface area contributed by atoms with Gasteiger partial charge in [0.15, 0.2) is 16.7 Å². The first-order chi connectivity index (χ1) is 14.2. The van der Waals surface area contributed by atoms with Crippen molar-refractivity contribution in [1.29, 1.82) is 0 Å². The number of benzene rings is 2. The predicted molar refractivity (Wildman–Crippen MR) is 106 cm³/mol. The van der Waals surface area contributed by atoms with Crippen LogP contribution in [0.2, 0.25) is 0 Å². The lowest BCUT2D eigenvalue weighted by Gasteiger charge is -2.03. The van der Waals surface area contributed by atoms with Gasteiger partial charge in [0.2, 0.25) is 18.5 Å². The molecule has 0 aliphatic carbocycles. The summed E-state index contributed by atoms with van der Waals surface area (Å²) in [6.07, 6.45) is 0. The molecule has 8 nitrogen and oxygen atoms in total. The van der Waals surface area contributed by atoms with E-state index in [1.54, 1.807) is 0 Å². The Morgan fingerprint density at radius 1 is 0.966 bits per heavy atom. The summed E-state index contributed by atoms with van der Waals surface area (Å²) in [5, 5.41) is 4.50. The number of thioether (sulfide) groups is 1. The number of fused-ring (bicyclic) bond motifs is 1. The van der Waals surface area contributed by atoms with Crippen LogP contribution >= 0.6 is 11.8 Å². The van der Waals surface area contributed by atoms with Crippen LogP contribution in [0.3, 0.4) is 0 Å². The Bertz CT molecular complexity index is 1220. The van der Waals surface area contributed by atoms with Crippen molar-refractivity contribution in [3.8, 4) is 34.1 Å². The van der Waals surface area contributed by atoms with Crippen LogP contribution in [0.25, 0.3) is 22.6 Å². The minimum atomic E-state index is -0.215. The van der Waals surface area contributed by atoms with E-state index in [1.807, 2.05) is 48.5 Å². The fourth-order valence-corrected chi connectivity index (χ4v) is 3.57. The third-order valence-corrected chi connectivity index (χ3v) is 5.08. The lowest BCUT2D eigenvalue weighted by molar-refractivity contribution is 0.174. The summed E-state index contributed by atoms with van der Waals surface area (Å²) in [5.41, 5.74) is 2.05. The van der Waals surface area contributed by atoms with Crippen molar-refractivity contribution in [2.24, 2.45) is 0 Å². The highest BCUT2D eigenvalue weighted by Crippen LogP contribution is 2.35. The molecule has 0 amide bonds. The van der Waals surface area contributed by atoms with Gasteiger partial charge in [-0.25, -0.2) is 4.98 Å². The van der Waals surface area contributed by atoms with Gasteiger partial charge in [-0.2, -0.15) is 4.98 Å². The number of nitrogens with one attached hydrogen (secondary N) is 1. The number of hydrogen-bond donors (Lipinski definition) is 1. The average Bonchev–Trinajstić information content (AvgIpc) is 3.41. The van der Waals surface area contributed by atoms with E-state index in [9.17, 15) is 4.79 Å². The normalized spacial score (nSPS) is 12.3. The van der Waals surface area contributed by atoms with Gasteiger partial charge in [-0.05, 0) is 18.2 Å². The first-order valence-electron chi connectivity index (χ1n) is 8.77. The Hall–Kier alpha value is -3.59. The van der Waals surface area contributed by atoms with Crippen LogP contribution in [0.5, 0.6) is 11.5 Å². The highest BCUT2D eigenvalue weighted by Gasteiger charge is 2.17. The zero-order valence-electron chi connectivity index (χ0n) is 15.0. The van der Waals surface area contributed by atoms with E-state index >= 15 is 0 Å². The number of aromatic amines is 1. The van der Waals surface area contributed by atoms with Crippen molar-refractivity contribution >= 4 is 11.8 Å². The van der Waals surface area contributed by atoms with Gasteiger partial charge in [0.05, 0.1) is 11.4 Å². The van der Waals surface area contributed by atoms with Crippen LogP contribution < -0.4 is 15.0 Å². The lowest BCUT2D eigenvalue weighted by atomic mass is 10.1. The minimum Gasteiger partial charge on any atom is -0.454 e. The van der Waals surface area contributed by atoms with Crippen molar-refractivity contribution in [3.63, 3.8) is 0 Å². The standard InChI is InChI=1S/C20H14N4O4S/c25-17-9-14(12-4-2-1-3-5-12)21-20(22-17)29-10-18-23-19(24-28-18)13-6-7-15-16(8-13)27-11-26-15/h1-9H,10-11H2,(H,21,22,25). The van der Waals surface area contributed by atoms with Gasteiger partial charge in [0.25, 0.3) is 5.56 Å². The van der Waals surface area contributed by atoms with E-state index in [2.05, 4.69) is 20.1 Å². The molecule has 0 unspecified atom stereocenters. The second-order valence-corrected chi connectivity index (χ2v) is 7.13. The Morgan fingerprint density at radius 2 is 1.83 bits per heavy atom. The first-order valence-corrected chi connectivity index (χ1v) is 9.75. The maximum Gasteiger partial charge on any atom is 0.252 e. The molecule has 2 aromatic heterocycles. The smallest absolute Gasteiger partial charge is 0.252 e. The number of rotatable bonds is 5. The molecular weight excluding hydrogens is 392 g/mol. The van der Waals surface area contributed by atoms with E-state index in [4.69, 9.17) is 14.0 Å². The third kappa shape index (κ3) is 3.72. The van der Waals surface area contributed by atoms with Crippen LogP contribution in [-0.2, 0) is 5.75 Å². The van der Waals surface area contributed by atoms with Gasteiger partial charge < -0.3 is 19.0 Å². The molecule has 9 heteroatoms. The number of H-pyrrole nitrogens is 1. The maximum atomic E-state index is 12.0. The van der Waals surface area contributed by atoms with Crippen molar-refractivity contribution < 1.29 is 14.0 Å². The second kappa shape index (κ2) is 7.44. The summed E-state index contributed by atoms with van der Waals surface area (Å²) in [5.74, 6) is 2.61. The average molecular weight is 406 g/mol. The van der Waals surface area contributed by atoms with Gasteiger partial charge in [-0.3, -0.25) is 4.79 Å². The van der Waals surface area contributed by atoms with Gasteiger partial charge in [0, 0.05) is 17.2 Å². The van der Waals surface area contributed by atoms with E-state index in [0.29, 0.717) is 39.8 Å². The zero-order chi connectivity index (χ0) is 19.6. The van der Waals surface area contributed by atoms with Gasteiger partial charge in [-0.15, -0.1) is 0 Å². The molecule has 0 atom stereocenters. The molecule has 1 N–H and O–H groups in total. The fraction of sp³-hybridized carbons (Fsp3) is 0.100. The monoisotopic (exact) mass is 406 g/mol. The topological polar surface area (TPSA) is 103 Å². The summed E-state index contributed by atoms with van der Waals surface area (Å²) in [4.78, 5) is 23.6. The summed E-state index contributed by atoms with van der Waals surface area (Å²) < 4.78 is 16.0. The van der Waals surface area contributed by atoms with Crippen molar-refractivity contribution in [2.75, 3.05) is 6.79 Å². The second-order valence-electron chi connectivity index (χ2n) is 6.17. The minimum absolute atomic E-state index is 0.209. The molecule has 29 heavy (non-hydrogen) atoms. The van der Waals surface area contributed by atoms with E-state index in [0.717, 1.165) is 11.1 Å². The molecule has 1 aliphatic heterocycles. The van der Waals surface area contributed by atoms with Crippen molar-refractivity contribution in [2.45, 2.75) is 10.9 Å². The molecule has 0 saturated heterocycles. The van der Waals surface area contributed by atoms with Crippen LogP contribution in [0, 0.1) is 0 Å². The van der Waals surface area contributed by atoms with Crippen molar-refractivity contribution in [3.05, 3.63) is 70.8 Å². The fourth-order valence-electron chi connectivity index (χ4n) is 2.86. The van der Waals surface area contributed by atoms with E-state index in [1.165, 1.54) is 17.8 Å². The quantitative estimate of drug-likeness (QED) is 0.397. The molecule has 4 aromatic rings. The highest BCUT2D eigenvalue weighted by molar-refractivity contribution is 7.98. The number of ether oxygens (including phenoxy) is 2. The lowest BCUT2D eigenvalue weighted by Crippen LogP contribution is -2.08. The number of nitrogens with zero attached hydrogens (tertiary/aromatic N) is 3. The molecule has 3 heterocycles. The van der Waals surface area contributed by atoms with Gasteiger partial charge in [-0.1, -0.05) is 47.3 Å². The Labute approximate surface area is 168 Å². The maximum absolute atomic E-state index is 12.0. The van der Waals surface area contributed by atoms with Gasteiger partial charge in [0.1, 0.15) is 0 Å². The SMILES string of the molecule is O=c1cc(-c2ccccc2)nc(SCc2nc(-c3ccc4c(c3)OCO4)no2)[nH]1. The van der Waals surface area contributed by atoms with Crippen molar-refractivity contribution in [1.82, 2.24) is 20.1 Å². The molecular formula is C20H14N4O4S. The molecule has 0 spiro atoms. The van der Waals surface area contributed by atoms with E-state index in [-0.39, 0.29) is 12.4 Å². The molecule has 0 radical (unpaired) electrons. The largest absolute Gasteiger partial charge is 0.454 e. The van der Waals surface area contributed by atoms with Crippen LogP contribution in [0.15, 0.2) is 69.1 Å². The predicted octanol–water partition coefficient (Wildman–Crippen LogP) is 3.51. The highest BCUT2D eigenvalue weighted by atomic mass is 32.2. The van der Waals surface area contributed by atoms with Crippen LogP contribution in [-0.4, -0.2) is 26.9 Å². The molecule has 5 rings (SSSR count). The van der Waals surface area contributed by atoms with Gasteiger partial charge >= 0.3 is 0 Å². The Balaban J connectivity index is 1.32. The molecule has 0 bridgehead atoms. The van der Waals surface area contributed by atoms with Crippen LogP contribution in [0.1, 0.15) is 5.89 Å². The first kappa shape index (κ1) is 17.5.